The number of aromatic hydroxyl groups is 2. The van der Waals surface area contributed by atoms with Gasteiger partial charge in [0.05, 0.1) is 13.2 Å². The third-order valence-corrected chi connectivity index (χ3v) is 4.86. The molecule has 0 aromatic heterocycles. The normalized spacial score (nSPS) is 29.6. The maximum Gasteiger partial charge on any atom is 0.184 e. The molecule has 6 atom stereocenters. The van der Waals surface area contributed by atoms with Gasteiger partial charge in [0.2, 0.25) is 0 Å². The zero-order valence-corrected chi connectivity index (χ0v) is 14.9. The standard InChI is InChI=1S/C20H22O8/c21-13-5-1-11(2-6-13)19-25-9-15(27-19)17(23)18(24)16-10-26-20(28-16)12-3-7-14(22)8-4-12/h1-8,15-24H,9-10H2/t15-,16+,17-,18-,19?,20?/m0/s1. The van der Waals surface area contributed by atoms with Gasteiger partial charge in [0, 0.05) is 11.1 Å². The summed E-state index contributed by atoms with van der Waals surface area (Å²) >= 11 is 0. The fraction of sp³-hybridized carbons (Fsp3) is 0.400. The first-order valence-electron chi connectivity index (χ1n) is 8.99. The van der Waals surface area contributed by atoms with Crippen LogP contribution in [-0.2, 0) is 18.9 Å². The van der Waals surface area contributed by atoms with Gasteiger partial charge in [0.15, 0.2) is 12.6 Å². The van der Waals surface area contributed by atoms with E-state index in [0.717, 1.165) is 0 Å². The van der Waals surface area contributed by atoms with Crippen molar-refractivity contribution in [1.82, 2.24) is 0 Å². The molecule has 8 heteroatoms. The Labute approximate surface area is 161 Å². The van der Waals surface area contributed by atoms with Crippen molar-refractivity contribution in [3.8, 4) is 11.5 Å². The number of aliphatic hydroxyl groups excluding tert-OH is 2. The molecule has 2 saturated heterocycles. The number of hydrogen-bond donors (Lipinski definition) is 4. The minimum Gasteiger partial charge on any atom is -0.508 e. The summed E-state index contributed by atoms with van der Waals surface area (Å²) in [7, 11) is 0. The molecule has 2 aromatic carbocycles. The van der Waals surface area contributed by atoms with E-state index in [2.05, 4.69) is 0 Å². The van der Waals surface area contributed by atoms with Crippen molar-refractivity contribution in [3.05, 3.63) is 59.7 Å². The first-order chi connectivity index (χ1) is 13.5. The van der Waals surface area contributed by atoms with Crippen LogP contribution in [0.1, 0.15) is 23.7 Å². The van der Waals surface area contributed by atoms with E-state index in [1.54, 1.807) is 24.3 Å². The molecule has 0 amide bonds. The molecule has 4 rings (SSSR count). The minimum atomic E-state index is -1.23. The number of aliphatic hydroxyl groups is 2. The zero-order valence-electron chi connectivity index (χ0n) is 14.9. The Morgan fingerprint density at radius 1 is 0.643 bits per heavy atom. The van der Waals surface area contributed by atoms with E-state index in [1.165, 1.54) is 24.3 Å². The molecule has 2 fully saturated rings. The topological polar surface area (TPSA) is 118 Å². The van der Waals surface area contributed by atoms with Crippen LogP contribution >= 0.6 is 0 Å². The monoisotopic (exact) mass is 390 g/mol. The van der Waals surface area contributed by atoms with Gasteiger partial charge >= 0.3 is 0 Å². The quantitative estimate of drug-likeness (QED) is 0.604. The summed E-state index contributed by atoms with van der Waals surface area (Å²) in [5, 5.41) is 39.7. The predicted octanol–water partition coefficient (Wildman–Crippen LogP) is 1.35. The van der Waals surface area contributed by atoms with Crippen molar-refractivity contribution in [3.63, 3.8) is 0 Å². The number of phenolic OH excluding ortho intramolecular Hbond substituents is 2. The molecule has 150 valence electrons. The Morgan fingerprint density at radius 2 is 1.00 bits per heavy atom. The van der Waals surface area contributed by atoms with Crippen LogP contribution in [0.5, 0.6) is 11.5 Å². The summed E-state index contributed by atoms with van der Waals surface area (Å²) in [6, 6.07) is 12.8. The van der Waals surface area contributed by atoms with E-state index in [9.17, 15) is 20.4 Å². The van der Waals surface area contributed by atoms with Crippen LogP contribution in [0.4, 0.5) is 0 Å². The summed E-state index contributed by atoms with van der Waals surface area (Å²) in [5.74, 6) is 0.269. The van der Waals surface area contributed by atoms with Gasteiger partial charge in [-0.1, -0.05) is 24.3 Å². The van der Waals surface area contributed by atoms with Crippen molar-refractivity contribution in [2.24, 2.45) is 0 Å². The molecular formula is C20H22O8. The van der Waals surface area contributed by atoms with Gasteiger partial charge in [-0.2, -0.15) is 0 Å². The van der Waals surface area contributed by atoms with Crippen LogP contribution in [0.15, 0.2) is 48.5 Å². The second kappa shape index (κ2) is 8.04. The van der Waals surface area contributed by atoms with Crippen molar-refractivity contribution in [1.29, 1.82) is 0 Å². The number of hydrogen-bond acceptors (Lipinski definition) is 8. The Hall–Kier alpha value is -2.20. The number of phenols is 2. The summed E-state index contributed by atoms with van der Waals surface area (Å²) in [5.41, 5.74) is 1.41. The summed E-state index contributed by atoms with van der Waals surface area (Å²) in [4.78, 5) is 0. The van der Waals surface area contributed by atoms with Crippen LogP contribution in [0.3, 0.4) is 0 Å². The molecule has 0 aliphatic carbocycles. The molecule has 0 bridgehead atoms. The van der Waals surface area contributed by atoms with Gasteiger partial charge in [-0.3, -0.25) is 0 Å². The lowest BCUT2D eigenvalue weighted by atomic mass is 10.0. The Morgan fingerprint density at radius 3 is 1.36 bits per heavy atom. The SMILES string of the molecule is Oc1ccc(C2OC[C@@H]([C@H](O)[C@@H](O)[C@H]3COC(c4ccc(O)cc4)O3)O2)cc1. The third-order valence-electron chi connectivity index (χ3n) is 4.86. The Balaban J connectivity index is 1.34. The first-order valence-corrected chi connectivity index (χ1v) is 8.99. The number of benzene rings is 2. The summed E-state index contributed by atoms with van der Waals surface area (Å²) in [6.45, 7) is 0.220. The highest BCUT2D eigenvalue weighted by Crippen LogP contribution is 2.33. The summed E-state index contributed by atoms with van der Waals surface area (Å²) in [6.07, 6.45) is -5.28. The molecule has 28 heavy (non-hydrogen) atoms. The lowest BCUT2D eigenvalue weighted by molar-refractivity contribution is -0.141. The molecular weight excluding hydrogens is 368 g/mol. The van der Waals surface area contributed by atoms with Gasteiger partial charge in [-0.25, -0.2) is 0 Å². The first kappa shape index (κ1) is 19.1. The number of ether oxygens (including phenoxy) is 4. The molecule has 2 aliphatic heterocycles. The molecule has 0 radical (unpaired) electrons. The molecule has 8 nitrogen and oxygen atoms in total. The predicted molar refractivity (Wildman–Crippen MR) is 95.4 cm³/mol. The largest absolute Gasteiger partial charge is 0.508 e. The summed E-state index contributed by atoms with van der Waals surface area (Å²) < 4.78 is 22.5. The van der Waals surface area contributed by atoms with E-state index in [1.807, 2.05) is 0 Å². The maximum atomic E-state index is 10.5. The van der Waals surface area contributed by atoms with Crippen molar-refractivity contribution < 1.29 is 39.4 Å². The van der Waals surface area contributed by atoms with Gasteiger partial charge in [0.1, 0.15) is 35.9 Å². The lowest BCUT2D eigenvalue weighted by Gasteiger charge is -2.25. The fourth-order valence-electron chi connectivity index (χ4n) is 3.25. The minimum absolute atomic E-state index is 0.110. The maximum absolute atomic E-state index is 10.5. The van der Waals surface area contributed by atoms with Gasteiger partial charge in [-0.05, 0) is 24.3 Å². The molecule has 2 unspecified atom stereocenters. The fourth-order valence-corrected chi connectivity index (χ4v) is 3.25. The smallest absolute Gasteiger partial charge is 0.184 e. The Bertz CT molecular complexity index is 710. The highest BCUT2D eigenvalue weighted by atomic mass is 16.7. The molecule has 0 saturated carbocycles. The van der Waals surface area contributed by atoms with Crippen molar-refractivity contribution in [2.75, 3.05) is 13.2 Å². The van der Waals surface area contributed by atoms with Crippen LogP contribution < -0.4 is 0 Å². The van der Waals surface area contributed by atoms with E-state index in [-0.39, 0.29) is 24.7 Å². The third kappa shape index (κ3) is 3.97. The Kier molecular flexibility index (Phi) is 5.49. The second-order valence-electron chi connectivity index (χ2n) is 6.84. The van der Waals surface area contributed by atoms with E-state index >= 15 is 0 Å². The molecule has 2 heterocycles. The van der Waals surface area contributed by atoms with Crippen LogP contribution in [0.2, 0.25) is 0 Å². The van der Waals surface area contributed by atoms with Gasteiger partial charge in [-0.15, -0.1) is 0 Å². The van der Waals surface area contributed by atoms with E-state index < -0.39 is 37.0 Å². The highest BCUT2D eigenvalue weighted by molar-refractivity contribution is 5.27. The second-order valence-corrected chi connectivity index (χ2v) is 6.84. The average molecular weight is 390 g/mol. The van der Waals surface area contributed by atoms with Crippen molar-refractivity contribution in [2.45, 2.75) is 37.0 Å². The molecule has 2 aliphatic rings. The van der Waals surface area contributed by atoms with Crippen molar-refractivity contribution >= 4 is 0 Å². The van der Waals surface area contributed by atoms with Gasteiger partial charge < -0.3 is 39.4 Å². The zero-order chi connectivity index (χ0) is 19.7. The molecule has 4 N–H and O–H groups in total. The molecule has 0 spiro atoms. The lowest BCUT2D eigenvalue weighted by Crippen LogP contribution is -2.46. The number of rotatable bonds is 5. The van der Waals surface area contributed by atoms with E-state index in [4.69, 9.17) is 18.9 Å². The van der Waals surface area contributed by atoms with E-state index in [0.29, 0.717) is 11.1 Å². The highest BCUT2D eigenvalue weighted by Gasteiger charge is 2.42. The van der Waals surface area contributed by atoms with Gasteiger partial charge in [0.25, 0.3) is 0 Å². The van der Waals surface area contributed by atoms with Crippen LogP contribution in [-0.4, -0.2) is 58.1 Å². The average Bonchev–Trinajstić information content (AvgIpc) is 3.38. The van der Waals surface area contributed by atoms with Crippen LogP contribution in [0.25, 0.3) is 0 Å². The molecule has 2 aromatic rings. The van der Waals surface area contributed by atoms with Crippen LogP contribution in [0, 0.1) is 0 Å².